The van der Waals surface area contributed by atoms with Gasteiger partial charge in [0.2, 0.25) is 0 Å². The number of aliphatic hydroxyl groups is 1. The molecule has 1 saturated heterocycles. The number of phenols is 1. The van der Waals surface area contributed by atoms with Crippen molar-refractivity contribution < 1.29 is 19.4 Å². The Morgan fingerprint density at radius 2 is 2.00 bits per heavy atom. The van der Waals surface area contributed by atoms with Gasteiger partial charge in [-0.05, 0) is 32.5 Å². The number of β-amino-alcohol motifs (C(OH)–C–C–N with tert-alkyl or cyclic N) is 1. The second kappa shape index (κ2) is 7.89. The first-order chi connectivity index (χ1) is 13.9. The van der Waals surface area contributed by atoms with Crippen molar-refractivity contribution in [2.45, 2.75) is 32.0 Å². The van der Waals surface area contributed by atoms with Crippen LogP contribution in [0.4, 0.5) is 0 Å². The van der Waals surface area contributed by atoms with E-state index < -0.39 is 6.10 Å². The van der Waals surface area contributed by atoms with E-state index in [4.69, 9.17) is 9.15 Å². The number of aliphatic hydroxyl groups excluding tert-OH is 1. The molecule has 0 bridgehead atoms. The SMILES string of the molecule is Cc1cc(=O)c2c(O)cc(OCc3ccccc3)c([C@H]3CCN(C)C[C@H]3O)c2o1. The number of piperidine rings is 1. The number of phenolic OH excluding ortho intramolecular Hbond substituents is 1. The van der Waals surface area contributed by atoms with Gasteiger partial charge in [-0.3, -0.25) is 4.79 Å². The van der Waals surface area contributed by atoms with E-state index in [1.54, 1.807) is 6.92 Å². The second-order valence-electron chi connectivity index (χ2n) is 7.73. The van der Waals surface area contributed by atoms with Gasteiger partial charge in [0.1, 0.15) is 34.8 Å². The Bertz CT molecular complexity index is 1080. The molecule has 2 N–H and O–H groups in total. The first-order valence-electron chi connectivity index (χ1n) is 9.77. The third-order valence-corrected chi connectivity index (χ3v) is 5.50. The van der Waals surface area contributed by atoms with E-state index >= 15 is 0 Å². The van der Waals surface area contributed by atoms with Crippen LogP contribution >= 0.6 is 0 Å². The lowest BCUT2D eigenvalue weighted by Gasteiger charge is -2.34. The van der Waals surface area contributed by atoms with Crippen LogP contribution in [-0.4, -0.2) is 41.4 Å². The number of ether oxygens (including phenoxy) is 1. The fraction of sp³-hybridized carbons (Fsp3) is 0.348. The van der Waals surface area contributed by atoms with Gasteiger partial charge in [-0.2, -0.15) is 0 Å². The molecule has 1 aliphatic heterocycles. The number of likely N-dealkylation sites (tertiary alicyclic amines) is 1. The number of nitrogens with zero attached hydrogens (tertiary/aromatic N) is 1. The molecule has 1 aliphatic rings. The van der Waals surface area contributed by atoms with Crippen LogP contribution in [0, 0.1) is 6.92 Å². The fourth-order valence-corrected chi connectivity index (χ4v) is 4.06. The number of rotatable bonds is 4. The minimum Gasteiger partial charge on any atom is -0.507 e. The molecule has 0 unspecified atom stereocenters. The lowest BCUT2D eigenvalue weighted by atomic mass is 9.85. The van der Waals surface area contributed by atoms with Crippen LogP contribution in [0.15, 0.2) is 51.7 Å². The van der Waals surface area contributed by atoms with Crippen molar-refractivity contribution >= 4 is 11.0 Å². The van der Waals surface area contributed by atoms with Crippen LogP contribution < -0.4 is 10.2 Å². The predicted molar refractivity (Wildman–Crippen MR) is 111 cm³/mol. The average molecular weight is 395 g/mol. The molecule has 0 radical (unpaired) electrons. The van der Waals surface area contributed by atoms with Gasteiger partial charge in [0.15, 0.2) is 5.43 Å². The van der Waals surface area contributed by atoms with Crippen LogP contribution in [-0.2, 0) is 6.61 Å². The maximum atomic E-state index is 12.5. The molecule has 2 aromatic carbocycles. The van der Waals surface area contributed by atoms with Gasteiger partial charge in [-0.1, -0.05) is 30.3 Å². The summed E-state index contributed by atoms with van der Waals surface area (Å²) in [5.74, 6) is 0.444. The zero-order chi connectivity index (χ0) is 20.5. The third kappa shape index (κ3) is 3.86. The lowest BCUT2D eigenvalue weighted by molar-refractivity contribution is 0.0626. The van der Waals surface area contributed by atoms with Gasteiger partial charge in [0, 0.05) is 30.2 Å². The van der Waals surface area contributed by atoms with Crippen molar-refractivity contribution in [2.75, 3.05) is 20.1 Å². The largest absolute Gasteiger partial charge is 0.507 e. The maximum Gasteiger partial charge on any atom is 0.196 e. The number of hydrogen-bond acceptors (Lipinski definition) is 6. The maximum absolute atomic E-state index is 12.5. The summed E-state index contributed by atoms with van der Waals surface area (Å²) in [5, 5.41) is 21.5. The van der Waals surface area contributed by atoms with Crippen LogP contribution in [0.3, 0.4) is 0 Å². The van der Waals surface area contributed by atoms with E-state index in [0.29, 0.717) is 42.2 Å². The molecule has 152 valence electrons. The molecule has 6 heteroatoms. The van der Waals surface area contributed by atoms with Gasteiger partial charge in [-0.25, -0.2) is 0 Å². The minimum absolute atomic E-state index is 0.129. The van der Waals surface area contributed by atoms with Crippen LogP contribution in [0.1, 0.15) is 29.2 Å². The standard InChI is InChI=1S/C23H25NO5/c1-14-10-17(25)22-18(26)11-20(28-13-15-6-4-3-5-7-15)21(23(22)29-14)16-8-9-24(2)12-19(16)27/h3-7,10-11,16,19,26-27H,8-9,12-13H2,1-2H3/t16-,19+/m0/s1. The molecule has 1 aromatic heterocycles. The number of aromatic hydroxyl groups is 1. The number of fused-ring (bicyclic) bond motifs is 1. The number of likely N-dealkylation sites (N-methyl/N-ethyl adjacent to an activating group) is 1. The van der Waals surface area contributed by atoms with Crippen molar-refractivity contribution in [3.8, 4) is 11.5 Å². The van der Waals surface area contributed by atoms with E-state index in [1.807, 2.05) is 37.4 Å². The number of benzene rings is 2. The Labute approximate surface area is 169 Å². The molecule has 3 aromatic rings. The van der Waals surface area contributed by atoms with Crippen molar-refractivity contribution in [1.29, 1.82) is 0 Å². The molecule has 4 rings (SSSR count). The summed E-state index contributed by atoms with van der Waals surface area (Å²) in [5.41, 5.74) is 1.62. The summed E-state index contributed by atoms with van der Waals surface area (Å²) in [4.78, 5) is 14.6. The Morgan fingerprint density at radius 1 is 1.24 bits per heavy atom. The molecule has 29 heavy (non-hydrogen) atoms. The highest BCUT2D eigenvalue weighted by Crippen LogP contribution is 2.42. The summed E-state index contributed by atoms with van der Waals surface area (Å²) < 4.78 is 12.0. The van der Waals surface area contributed by atoms with Gasteiger partial charge in [0.05, 0.1) is 6.10 Å². The zero-order valence-electron chi connectivity index (χ0n) is 16.6. The normalized spacial score (nSPS) is 20.1. The number of aryl methyl sites for hydroxylation is 1. The van der Waals surface area contributed by atoms with Crippen molar-refractivity contribution in [2.24, 2.45) is 0 Å². The molecular weight excluding hydrogens is 370 g/mol. The van der Waals surface area contributed by atoms with E-state index in [1.165, 1.54) is 12.1 Å². The summed E-state index contributed by atoms with van der Waals surface area (Å²) in [7, 11) is 1.96. The molecular formula is C23H25NO5. The highest BCUT2D eigenvalue weighted by atomic mass is 16.5. The van der Waals surface area contributed by atoms with E-state index in [0.717, 1.165) is 12.1 Å². The van der Waals surface area contributed by atoms with Gasteiger partial charge in [0.25, 0.3) is 0 Å². The third-order valence-electron chi connectivity index (χ3n) is 5.50. The Hall–Kier alpha value is -2.83. The second-order valence-corrected chi connectivity index (χ2v) is 7.73. The molecule has 2 atom stereocenters. The Balaban J connectivity index is 1.86. The molecule has 0 saturated carbocycles. The zero-order valence-corrected chi connectivity index (χ0v) is 16.6. The molecule has 6 nitrogen and oxygen atoms in total. The van der Waals surface area contributed by atoms with E-state index in [2.05, 4.69) is 4.90 Å². The fourth-order valence-electron chi connectivity index (χ4n) is 4.06. The minimum atomic E-state index is -0.633. The van der Waals surface area contributed by atoms with Gasteiger partial charge < -0.3 is 24.3 Å². The first-order valence-corrected chi connectivity index (χ1v) is 9.77. The average Bonchev–Trinajstić information content (AvgIpc) is 2.67. The Kier molecular flexibility index (Phi) is 5.30. The van der Waals surface area contributed by atoms with Crippen molar-refractivity contribution in [3.05, 3.63) is 69.6 Å². The Morgan fingerprint density at radius 3 is 2.72 bits per heavy atom. The van der Waals surface area contributed by atoms with Crippen LogP contribution in [0.25, 0.3) is 11.0 Å². The lowest BCUT2D eigenvalue weighted by Crippen LogP contribution is -2.40. The monoisotopic (exact) mass is 395 g/mol. The van der Waals surface area contributed by atoms with Crippen molar-refractivity contribution in [1.82, 2.24) is 4.90 Å². The van der Waals surface area contributed by atoms with Gasteiger partial charge >= 0.3 is 0 Å². The van der Waals surface area contributed by atoms with Crippen LogP contribution in [0.5, 0.6) is 11.5 Å². The number of hydrogen-bond donors (Lipinski definition) is 2. The summed E-state index contributed by atoms with van der Waals surface area (Å²) in [6, 6.07) is 12.5. The van der Waals surface area contributed by atoms with Gasteiger partial charge in [-0.15, -0.1) is 0 Å². The molecule has 0 amide bonds. The smallest absolute Gasteiger partial charge is 0.196 e. The summed E-state index contributed by atoms with van der Waals surface area (Å²) in [6.45, 7) is 3.32. The molecule has 0 spiro atoms. The van der Waals surface area contributed by atoms with Crippen molar-refractivity contribution in [3.63, 3.8) is 0 Å². The summed E-state index contributed by atoms with van der Waals surface area (Å²) in [6.07, 6.45) is 0.0584. The topological polar surface area (TPSA) is 83.1 Å². The highest BCUT2D eigenvalue weighted by Gasteiger charge is 2.33. The molecule has 1 fully saturated rings. The molecule has 2 heterocycles. The van der Waals surface area contributed by atoms with E-state index in [9.17, 15) is 15.0 Å². The predicted octanol–water partition coefficient (Wildman–Crippen LogP) is 3.17. The van der Waals surface area contributed by atoms with E-state index in [-0.39, 0.29) is 22.5 Å². The van der Waals surface area contributed by atoms with Crippen LogP contribution in [0.2, 0.25) is 0 Å². The first kappa shape index (κ1) is 19.5. The summed E-state index contributed by atoms with van der Waals surface area (Å²) >= 11 is 0. The highest BCUT2D eigenvalue weighted by molar-refractivity contribution is 5.88. The quantitative estimate of drug-likeness (QED) is 0.706. The molecule has 0 aliphatic carbocycles.